The molecule has 0 nitrogen and oxygen atoms in total. The van der Waals surface area contributed by atoms with Crippen LogP contribution in [-0.2, 0) is 16.8 Å². The van der Waals surface area contributed by atoms with Gasteiger partial charge in [0.2, 0.25) is 0 Å². The van der Waals surface area contributed by atoms with Crippen LogP contribution in [0.1, 0.15) is 64.2 Å². The Balaban J connectivity index is 0.000000284. The van der Waals surface area contributed by atoms with Gasteiger partial charge < -0.3 is 6.08 Å². The zero-order chi connectivity index (χ0) is 11.3. The average Bonchev–Trinajstić information content (AvgIpc) is 2.15. The van der Waals surface area contributed by atoms with Crippen molar-refractivity contribution in [3.05, 3.63) is 36.5 Å². The van der Waals surface area contributed by atoms with Gasteiger partial charge in [0.25, 0.3) is 0 Å². The maximum Gasteiger partial charge on any atom is 2.00 e. The maximum atomic E-state index is 3.26. The summed E-state index contributed by atoms with van der Waals surface area (Å²) in [4.78, 5) is 0. The van der Waals surface area contributed by atoms with Crippen molar-refractivity contribution in [2.75, 3.05) is 0 Å². The summed E-state index contributed by atoms with van der Waals surface area (Å²) in [5, 5.41) is 0. The molecule has 0 atom stereocenters. The minimum Gasteiger partial charge on any atom is -0.501 e. The zero-order valence-corrected chi connectivity index (χ0v) is 11.8. The molecule has 97 valence electrons. The Morgan fingerprint density at radius 3 is 2.35 bits per heavy atom. The van der Waals surface area contributed by atoms with Crippen molar-refractivity contribution in [3.8, 4) is 0 Å². The van der Waals surface area contributed by atoms with E-state index in [-0.39, 0.29) is 16.8 Å². The average molecular weight is 275 g/mol. The van der Waals surface area contributed by atoms with E-state index in [2.05, 4.69) is 30.4 Å². The fourth-order valence-electron chi connectivity index (χ4n) is 1.84. The SMILES string of the molecule is [C-]1=CC=CCCCC1.[C-]1=CCCCCCC1.[Co+2]. The van der Waals surface area contributed by atoms with E-state index in [1.807, 2.05) is 6.08 Å². The van der Waals surface area contributed by atoms with E-state index < -0.39 is 0 Å². The van der Waals surface area contributed by atoms with E-state index in [9.17, 15) is 0 Å². The first kappa shape index (κ1) is 16.7. The predicted molar refractivity (Wildman–Crippen MR) is 70.9 cm³/mol. The largest absolute Gasteiger partial charge is 2.00 e. The minimum absolute atomic E-state index is 0. The van der Waals surface area contributed by atoms with E-state index in [0.29, 0.717) is 0 Å². The van der Waals surface area contributed by atoms with Crippen molar-refractivity contribution >= 4 is 0 Å². The second-order valence-corrected chi connectivity index (χ2v) is 4.41. The molecule has 0 aliphatic heterocycles. The first-order chi connectivity index (χ1) is 8.00. The van der Waals surface area contributed by atoms with Gasteiger partial charge in [0.15, 0.2) is 0 Å². The third kappa shape index (κ3) is 12.0. The summed E-state index contributed by atoms with van der Waals surface area (Å²) in [6.07, 6.45) is 28.0. The second-order valence-electron chi connectivity index (χ2n) is 4.41. The van der Waals surface area contributed by atoms with Crippen LogP contribution in [-0.4, -0.2) is 0 Å². The molecule has 0 saturated carbocycles. The maximum absolute atomic E-state index is 3.26. The van der Waals surface area contributed by atoms with E-state index in [4.69, 9.17) is 0 Å². The molecule has 0 aromatic carbocycles. The number of hydrogen-bond acceptors (Lipinski definition) is 0. The Morgan fingerprint density at radius 1 is 0.706 bits per heavy atom. The number of rotatable bonds is 0. The predicted octanol–water partition coefficient (Wildman–Crippen LogP) is 5.17. The van der Waals surface area contributed by atoms with Crippen molar-refractivity contribution in [3.63, 3.8) is 0 Å². The third-order valence-electron chi connectivity index (χ3n) is 2.86. The van der Waals surface area contributed by atoms with Crippen LogP contribution >= 0.6 is 0 Å². The van der Waals surface area contributed by atoms with Gasteiger partial charge in [-0.3, -0.25) is 12.2 Å². The quantitative estimate of drug-likeness (QED) is 0.535. The van der Waals surface area contributed by atoms with Crippen molar-refractivity contribution in [2.24, 2.45) is 0 Å². The molecule has 0 fully saturated rings. The molecule has 0 spiro atoms. The monoisotopic (exact) mass is 275 g/mol. The van der Waals surface area contributed by atoms with E-state index in [1.165, 1.54) is 57.8 Å². The smallest absolute Gasteiger partial charge is 0.501 e. The standard InChI is InChI=1S/C8H13.C8H11.Co/c2*1-2-4-6-8-7-5-3-1;/h1H,2,4-8H2;1-3H,4,6-8H2;/q2*-1;+2. The summed E-state index contributed by atoms with van der Waals surface area (Å²) in [5.74, 6) is 0. The van der Waals surface area contributed by atoms with Gasteiger partial charge in [-0.15, -0.1) is 6.42 Å². The first-order valence-corrected chi connectivity index (χ1v) is 6.77. The van der Waals surface area contributed by atoms with Crippen molar-refractivity contribution < 1.29 is 16.8 Å². The van der Waals surface area contributed by atoms with Gasteiger partial charge in [0, 0.05) is 0 Å². The molecule has 0 heterocycles. The van der Waals surface area contributed by atoms with Crippen molar-refractivity contribution in [1.29, 1.82) is 0 Å². The summed E-state index contributed by atoms with van der Waals surface area (Å²) in [7, 11) is 0. The summed E-state index contributed by atoms with van der Waals surface area (Å²) in [5.41, 5.74) is 0. The molecular weight excluding hydrogens is 251 g/mol. The van der Waals surface area contributed by atoms with Crippen molar-refractivity contribution in [1.82, 2.24) is 0 Å². The molecule has 1 radical (unpaired) electrons. The number of hydrogen-bond donors (Lipinski definition) is 0. The Kier molecular flexibility index (Phi) is 13.6. The molecule has 2 rings (SSSR count). The number of allylic oxidation sites excluding steroid dienone is 6. The molecule has 2 aliphatic rings. The van der Waals surface area contributed by atoms with E-state index in [1.54, 1.807) is 0 Å². The first-order valence-electron chi connectivity index (χ1n) is 6.77. The van der Waals surface area contributed by atoms with Crippen LogP contribution in [0, 0.1) is 12.2 Å². The summed E-state index contributed by atoms with van der Waals surface area (Å²) in [6.45, 7) is 0. The van der Waals surface area contributed by atoms with Crippen LogP contribution in [0.25, 0.3) is 0 Å². The van der Waals surface area contributed by atoms with Crippen LogP contribution in [0.4, 0.5) is 0 Å². The third-order valence-corrected chi connectivity index (χ3v) is 2.86. The minimum atomic E-state index is 0. The zero-order valence-electron chi connectivity index (χ0n) is 10.7. The molecule has 0 aromatic heterocycles. The van der Waals surface area contributed by atoms with Crippen LogP contribution in [0.5, 0.6) is 0 Å². The molecule has 0 aromatic rings. The van der Waals surface area contributed by atoms with Gasteiger partial charge in [-0.05, 0) is 0 Å². The van der Waals surface area contributed by atoms with E-state index >= 15 is 0 Å². The van der Waals surface area contributed by atoms with E-state index in [0.717, 1.165) is 6.42 Å². The molecule has 17 heavy (non-hydrogen) atoms. The molecule has 2 aliphatic carbocycles. The Hall–Kier alpha value is -0.274. The Bertz CT molecular complexity index is 202. The molecule has 0 bridgehead atoms. The molecule has 0 unspecified atom stereocenters. The molecule has 1 heteroatoms. The Morgan fingerprint density at radius 2 is 1.41 bits per heavy atom. The fraction of sp³-hybridized carbons (Fsp3) is 0.625. The van der Waals surface area contributed by atoms with Gasteiger partial charge in [-0.1, -0.05) is 51.4 Å². The van der Waals surface area contributed by atoms with Crippen LogP contribution in [0.3, 0.4) is 0 Å². The molecule has 0 amide bonds. The molecule has 0 saturated heterocycles. The molecule has 0 N–H and O–H groups in total. The van der Waals surface area contributed by atoms with Gasteiger partial charge in [0.05, 0.1) is 0 Å². The van der Waals surface area contributed by atoms with Crippen molar-refractivity contribution in [2.45, 2.75) is 64.2 Å². The topological polar surface area (TPSA) is 0 Å². The van der Waals surface area contributed by atoms with Gasteiger partial charge >= 0.3 is 16.8 Å². The van der Waals surface area contributed by atoms with Crippen LogP contribution < -0.4 is 0 Å². The second kappa shape index (κ2) is 13.8. The van der Waals surface area contributed by atoms with Gasteiger partial charge in [-0.25, -0.2) is 12.2 Å². The Labute approximate surface area is 117 Å². The summed E-state index contributed by atoms with van der Waals surface area (Å²) in [6, 6.07) is 0. The fourth-order valence-corrected chi connectivity index (χ4v) is 1.84. The van der Waals surface area contributed by atoms with Gasteiger partial charge in [-0.2, -0.15) is 12.5 Å². The van der Waals surface area contributed by atoms with Crippen LogP contribution in [0.2, 0.25) is 0 Å². The summed E-state index contributed by atoms with van der Waals surface area (Å²) >= 11 is 0. The molecular formula is C16H24Co. The summed E-state index contributed by atoms with van der Waals surface area (Å²) < 4.78 is 0. The van der Waals surface area contributed by atoms with Gasteiger partial charge in [0.1, 0.15) is 0 Å². The normalized spacial score (nSPS) is 19.8. The van der Waals surface area contributed by atoms with Crippen LogP contribution in [0.15, 0.2) is 24.3 Å².